The average Bonchev–Trinajstić information content (AvgIpc) is 2.65. The third-order valence-corrected chi connectivity index (χ3v) is 4.22. The van der Waals surface area contributed by atoms with E-state index in [9.17, 15) is 10.1 Å². The molecule has 3 heteroatoms. The molecule has 1 heterocycles. The number of nitrogens with zero attached hydrogens (tertiary/aromatic N) is 1. The number of fused-ring (bicyclic) bond motifs is 2. The van der Waals surface area contributed by atoms with E-state index in [1.54, 1.807) is 12.1 Å². The van der Waals surface area contributed by atoms with Crippen molar-refractivity contribution in [3.8, 4) is 6.07 Å². The van der Waals surface area contributed by atoms with Gasteiger partial charge in [0, 0.05) is 10.9 Å². The molecule has 0 aliphatic rings. The van der Waals surface area contributed by atoms with Gasteiger partial charge in [0.15, 0.2) is 0 Å². The predicted octanol–water partition coefficient (Wildman–Crippen LogP) is 4.99. The van der Waals surface area contributed by atoms with E-state index in [-0.39, 0.29) is 5.56 Å². The molecule has 4 rings (SSSR count). The number of rotatable bonds is 2. The Hall–Kier alpha value is -3.64. The number of benzene rings is 3. The van der Waals surface area contributed by atoms with E-state index in [1.165, 1.54) is 0 Å². The van der Waals surface area contributed by atoms with Gasteiger partial charge in [-0.3, -0.25) is 0 Å². The fraction of sp³-hybridized carbons (Fsp3) is 0. The van der Waals surface area contributed by atoms with E-state index in [0.717, 1.165) is 21.7 Å². The molecular formula is C22H13NO2. The molecule has 4 aromatic rings. The summed E-state index contributed by atoms with van der Waals surface area (Å²) in [4.78, 5) is 12.1. The van der Waals surface area contributed by atoms with E-state index in [0.29, 0.717) is 11.1 Å². The minimum atomic E-state index is -0.612. The van der Waals surface area contributed by atoms with Crippen molar-refractivity contribution in [3.05, 3.63) is 93.8 Å². The minimum absolute atomic E-state index is 0.0233. The quantitative estimate of drug-likeness (QED) is 0.488. The van der Waals surface area contributed by atoms with Gasteiger partial charge in [-0.1, -0.05) is 72.8 Å². The summed E-state index contributed by atoms with van der Waals surface area (Å²) in [6, 6.07) is 23.4. The zero-order valence-electron chi connectivity index (χ0n) is 13.3. The van der Waals surface area contributed by atoms with Gasteiger partial charge in [-0.25, -0.2) is 4.79 Å². The Bertz CT molecular complexity index is 1220. The summed E-state index contributed by atoms with van der Waals surface area (Å²) in [6.07, 6.45) is 3.75. The maximum Gasteiger partial charge on any atom is 0.354 e. The molecule has 0 aliphatic carbocycles. The largest absolute Gasteiger partial charge is 0.422 e. The normalized spacial score (nSPS) is 11.2. The van der Waals surface area contributed by atoms with E-state index >= 15 is 0 Å². The van der Waals surface area contributed by atoms with Crippen molar-refractivity contribution in [1.82, 2.24) is 0 Å². The summed E-state index contributed by atoms with van der Waals surface area (Å²) >= 11 is 0. The molecule has 0 radical (unpaired) electrons. The van der Waals surface area contributed by atoms with Crippen LogP contribution in [0.1, 0.15) is 16.7 Å². The van der Waals surface area contributed by atoms with Crippen LogP contribution in [-0.2, 0) is 0 Å². The number of hydrogen-bond donors (Lipinski definition) is 0. The van der Waals surface area contributed by atoms with Gasteiger partial charge in [-0.15, -0.1) is 0 Å². The number of hydrogen-bond acceptors (Lipinski definition) is 3. The molecule has 3 aromatic carbocycles. The van der Waals surface area contributed by atoms with Gasteiger partial charge in [-0.2, -0.15) is 5.26 Å². The SMILES string of the molecule is N#Cc1c(/C=C\c2cccc3ccccc23)c2ccccc2oc1=O. The second kappa shape index (κ2) is 6.10. The fourth-order valence-electron chi connectivity index (χ4n) is 3.02. The summed E-state index contributed by atoms with van der Waals surface area (Å²) in [5.41, 5.74) is 1.50. The summed E-state index contributed by atoms with van der Waals surface area (Å²) in [5, 5.41) is 12.4. The fourth-order valence-corrected chi connectivity index (χ4v) is 3.02. The van der Waals surface area contributed by atoms with Crippen molar-refractivity contribution in [1.29, 1.82) is 5.26 Å². The number of para-hydroxylation sites is 1. The first-order valence-electron chi connectivity index (χ1n) is 7.90. The Morgan fingerprint density at radius 1 is 0.840 bits per heavy atom. The van der Waals surface area contributed by atoms with Crippen LogP contribution in [0, 0.1) is 11.3 Å². The van der Waals surface area contributed by atoms with Crippen molar-refractivity contribution in [2.24, 2.45) is 0 Å². The number of nitriles is 1. The second-order valence-corrected chi connectivity index (χ2v) is 5.69. The molecule has 25 heavy (non-hydrogen) atoms. The molecule has 0 amide bonds. The summed E-state index contributed by atoms with van der Waals surface area (Å²) in [6.45, 7) is 0. The molecular weight excluding hydrogens is 310 g/mol. The summed E-state index contributed by atoms with van der Waals surface area (Å²) < 4.78 is 5.23. The van der Waals surface area contributed by atoms with Crippen molar-refractivity contribution in [2.45, 2.75) is 0 Å². The van der Waals surface area contributed by atoms with Crippen LogP contribution in [0.15, 0.2) is 75.9 Å². The molecule has 0 saturated heterocycles. The summed E-state index contributed by atoms with van der Waals surface area (Å²) in [7, 11) is 0. The van der Waals surface area contributed by atoms with Crippen molar-refractivity contribution < 1.29 is 4.42 Å². The van der Waals surface area contributed by atoms with Gasteiger partial charge in [0.2, 0.25) is 0 Å². The molecule has 118 valence electrons. The lowest BCUT2D eigenvalue weighted by Gasteiger charge is -2.04. The first-order valence-corrected chi connectivity index (χ1v) is 7.90. The van der Waals surface area contributed by atoms with Gasteiger partial charge in [0.05, 0.1) is 0 Å². The van der Waals surface area contributed by atoms with Crippen LogP contribution in [0.3, 0.4) is 0 Å². The Kier molecular flexibility index (Phi) is 3.64. The molecule has 0 aliphatic heterocycles. The molecule has 0 saturated carbocycles. The van der Waals surface area contributed by atoms with Crippen molar-refractivity contribution >= 4 is 33.9 Å². The van der Waals surface area contributed by atoms with E-state index < -0.39 is 5.63 Å². The van der Waals surface area contributed by atoms with Gasteiger partial charge in [0.25, 0.3) is 0 Å². The third kappa shape index (κ3) is 2.60. The lowest BCUT2D eigenvalue weighted by Crippen LogP contribution is -2.06. The van der Waals surface area contributed by atoms with Gasteiger partial charge in [-0.05, 0) is 22.4 Å². The van der Waals surface area contributed by atoms with Crippen LogP contribution >= 0.6 is 0 Å². The maximum atomic E-state index is 12.1. The van der Waals surface area contributed by atoms with Crippen molar-refractivity contribution in [3.63, 3.8) is 0 Å². The Balaban J connectivity index is 1.95. The molecule has 0 N–H and O–H groups in total. The minimum Gasteiger partial charge on any atom is -0.422 e. The smallest absolute Gasteiger partial charge is 0.354 e. The first kappa shape index (κ1) is 14.9. The topological polar surface area (TPSA) is 54.0 Å². The average molecular weight is 323 g/mol. The molecule has 0 fully saturated rings. The molecule has 3 nitrogen and oxygen atoms in total. The second-order valence-electron chi connectivity index (χ2n) is 5.69. The van der Waals surface area contributed by atoms with Crippen LogP contribution in [0.4, 0.5) is 0 Å². The predicted molar refractivity (Wildman–Crippen MR) is 100 cm³/mol. The van der Waals surface area contributed by atoms with E-state index in [2.05, 4.69) is 18.2 Å². The highest BCUT2D eigenvalue weighted by molar-refractivity contribution is 5.96. The standard InChI is InChI=1S/C22H13NO2/c23-14-20-18(19-10-3-4-11-21(19)25-22(20)24)13-12-16-8-5-7-15-6-1-2-9-17(15)16/h1-13H/b13-12-. The van der Waals surface area contributed by atoms with Crippen LogP contribution in [0.25, 0.3) is 33.9 Å². The van der Waals surface area contributed by atoms with Crippen LogP contribution in [-0.4, -0.2) is 0 Å². The molecule has 0 unspecified atom stereocenters. The Morgan fingerprint density at radius 2 is 1.56 bits per heavy atom. The molecule has 1 aromatic heterocycles. The van der Waals surface area contributed by atoms with Gasteiger partial charge >= 0.3 is 5.63 Å². The lowest BCUT2D eigenvalue weighted by molar-refractivity contribution is 0.558. The van der Waals surface area contributed by atoms with Gasteiger partial charge < -0.3 is 4.42 Å². The highest BCUT2D eigenvalue weighted by Gasteiger charge is 2.11. The summed E-state index contributed by atoms with van der Waals surface area (Å²) in [5.74, 6) is 0. The Labute approximate surface area is 144 Å². The van der Waals surface area contributed by atoms with Crippen LogP contribution in [0.5, 0.6) is 0 Å². The van der Waals surface area contributed by atoms with Crippen LogP contribution in [0.2, 0.25) is 0 Å². The zero-order valence-corrected chi connectivity index (χ0v) is 13.3. The van der Waals surface area contributed by atoms with Crippen molar-refractivity contribution in [2.75, 3.05) is 0 Å². The van der Waals surface area contributed by atoms with E-state index in [1.807, 2.05) is 54.6 Å². The van der Waals surface area contributed by atoms with Crippen LogP contribution < -0.4 is 5.63 Å². The van der Waals surface area contributed by atoms with Gasteiger partial charge in [0.1, 0.15) is 17.2 Å². The lowest BCUT2D eigenvalue weighted by atomic mass is 10.0. The van der Waals surface area contributed by atoms with E-state index in [4.69, 9.17) is 4.42 Å². The highest BCUT2D eigenvalue weighted by atomic mass is 16.4. The Morgan fingerprint density at radius 3 is 2.40 bits per heavy atom. The third-order valence-electron chi connectivity index (χ3n) is 4.22. The molecule has 0 atom stereocenters. The highest BCUT2D eigenvalue weighted by Crippen LogP contribution is 2.24. The monoisotopic (exact) mass is 323 g/mol. The maximum absolute atomic E-state index is 12.1. The zero-order chi connectivity index (χ0) is 17.2. The molecule has 0 bridgehead atoms. The first-order chi connectivity index (χ1) is 12.3. The molecule has 0 spiro atoms.